The van der Waals surface area contributed by atoms with Crippen molar-refractivity contribution in [1.82, 2.24) is 19.5 Å². The molecule has 0 aliphatic carbocycles. The predicted octanol–water partition coefficient (Wildman–Crippen LogP) is 15.2. The summed E-state index contributed by atoms with van der Waals surface area (Å²) in [5.41, 5.74) is 13.7. The van der Waals surface area contributed by atoms with Crippen molar-refractivity contribution in [3.63, 3.8) is 0 Å². The summed E-state index contributed by atoms with van der Waals surface area (Å²) in [6.45, 7) is 4.42. The standard InChI is InChI=1S/C56H42N4S/c1-3-14-37-25-31-46-47-23-13-22-44(53(47)61-52(46)34-37)40-28-32-51-49(35-40)45-20-10-11-24-50(45)60(51)42-29-26-38(27-30-42)43-19-8-9-21-48(43)56-58-54(39-16-6-5-7-17-39)57-55(59-56)41-18-12-15-36(4-2)33-41/h5-13,15-35H,3-4,14H2,1-2H3. The molecule has 0 radical (unpaired) electrons. The number of aromatic nitrogens is 4. The molecule has 0 aliphatic heterocycles. The second kappa shape index (κ2) is 15.4. The summed E-state index contributed by atoms with van der Waals surface area (Å²) < 4.78 is 5.11. The van der Waals surface area contributed by atoms with E-state index < -0.39 is 0 Å². The second-order valence-corrected chi connectivity index (χ2v) is 16.8. The molecular weight excluding hydrogens is 761 g/mol. The maximum absolute atomic E-state index is 5.13. The van der Waals surface area contributed by atoms with Crippen LogP contribution in [-0.2, 0) is 12.8 Å². The molecule has 0 unspecified atom stereocenters. The van der Waals surface area contributed by atoms with Crippen LogP contribution in [0.5, 0.6) is 0 Å². The maximum atomic E-state index is 5.13. The molecule has 61 heavy (non-hydrogen) atoms. The highest BCUT2D eigenvalue weighted by Gasteiger charge is 2.18. The van der Waals surface area contributed by atoms with Crippen molar-refractivity contribution in [2.75, 3.05) is 0 Å². The molecule has 0 amide bonds. The zero-order chi connectivity index (χ0) is 40.9. The average molecular weight is 803 g/mol. The lowest BCUT2D eigenvalue weighted by Crippen LogP contribution is -2.01. The van der Waals surface area contributed by atoms with Crippen LogP contribution in [0.15, 0.2) is 182 Å². The Labute approximate surface area is 359 Å². The van der Waals surface area contributed by atoms with E-state index in [4.69, 9.17) is 15.0 Å². The Morgan fingerprint density at radius 3 is 1.93 bits per heavy atom. The van der Waals surface area contributed by atoms with E-state index >= 15 is 0 Å². The van der Waals surface area contributed by atoms with E-state index in [0.29, 0.717) is 17.5 Å². The van der Waals surface area contributed by atoms with Gasteiger partial charge >= 0.3 is 0 Å². The van der Waals surface area contributed by atoms with Crippen LogP contribution in [0.25, 0.3) is 104 Å². The molecule has 3 heterocycles. The van der Waals surface area contributed by atoms with Gasteiger partial charge in [0.05, 0.1) is 11.0 Å². The van der Waals surface area contributed by atoms with Gasteiger partial charge in [-0.15, -0.1) is 11.3 Å². The maximum Gasteiger partial charge on any atom is 0.164 e. The Bertz CT molecular complexity index is 3410. The summed E-state index contributed by atoms with van der Waals surface area (Å²) in [5.74, 6) is 1.97. The summed E-state index contributed by atoms with van der Waals surface area (Å²) in [5, 5.41) is 5.17. The van der Waals surface area contributed by atoms with Crippen LogP contribution in [0.2, 0.25) is 0 Å². The minimum atomic E-state index is 0.649. The molecule has 5 heteroatoms. The largest absolute Gasteiger partial charge is 0.309 e. The lowest BCUT2D eigenvalue weighted by atomic mass is 9.98. The van der Waals surface area contributed by atoms with Crippen LogP contribution in [-0.4, -0.2) is 19.5 Å². The fourth-order valence-corrected chi connectivity index (χ4v) is 10.2. The van der Waals surface area contributed by atoms with Crippen molar-refractivity contribution in [3.05, 3.63) is 193 Å². The first-order valence-corrected chi connectivity index (χ1v) is 22.0. The van der Waals surface area contributed by atoms with Crippen LogP contribution in [0.3, 0.4) is 0 Å². The molecule has 0 bridgehead atoms. The van der Waals surface area contributed by atoms with Gasteiger partial charge in [-0.3, -0.25) is 0 Å². The normalized spacial score (nSPS) is 11.6. The van der Waals surface area contributed by atoms with Gasteiger partial charge in [0.25, 0.3) is 0 Å². The quantitative estimate of drug-likeness (QED) is 0.146. The molecule has 4 nitrogen and oxygen atoms in total. The number of rotatable bonds is 9. The van der Waals surface area contributed by atoms with Crippen LogP contribution in [0, 0.1) is 0 Å². The molecule has 0 spiro atoms. The first kappa shape index (κ1) is 36.8. The van der Waals surface area contributed by atoms with E-state index in [-0.39, 0.29) is 0 Å². The molecule has 8 aromatic carbocycles. The van der Waals surface area contributed by atoms with E-state index in [1.807, 2.05) is 29.5 Å². The molecule has 3 aromatic heterocycles. The van der Waals surface area contributed by atoms with Crippen molar-refractivity contribution >= 4 is 53.3 Å². The van der Waals surface area contributed by atoms with Gasteiger partial charge in [0.2, 0.25) is 0 Å². The number of aryl methyl sites for hydroxylation is 2. The monoisotopic (exact) mass is 802 g/mol. The third-order valence-corrected chi connectivity index (χ3v) is 13.2. The zero-order valence-electron chi connectivity index (χ0n) is 34.1. The van der Waals surface area contributed by atoms with E-state index in [1.165, 1.54) is 64.2 Å². The van der Waals surface area contributed by atoms with Gasteiger partial charge in [-0.2, -0.15) is 0 Å². The minimum Gasteiger partial charge on any atom is -0.309 e. The molecular formula is C56H42N4S. The highest BCUT2D eigenvalue weighted by atomic mass is 32.1. The van der Waals surface area contributed by atoms with Gasteiger partial charge in [-0.25, -0.2) is 15.0 Å². The summed E-state index contributed by atoms with van der Waals surface area (Å²) in [6, 6.07) is 65.6. The second-order valence-electron chi connectivity index (χ2n) is 15.8. The number of nitrogens with zero attached hydrogens (tertiary/aromatic N) is 4. The molecule has 0 aliphatic rings. The Kier molecular flexibility index (Phi) is 9.32. The van der Waals surface area contributed by atoms with Crippen molar-refractivity contribution < 1.29 is 0 Å². The Morgan fingerprint density at radius 2 is 1.10 bits per heavy atom. The van der Waals surface area contributed by atoms with Crippen LogP contribution >= 0.6 is 11.3 Å². The molecule has 0 saturated heterocycles. The van der Waals surface area contributed by atoms with Gasteiger partial charge < -0.3 is 4.57 Å². The van der Waals surface area contributed by atoms with Gasteiger partial charge in [0.15, 0.2) is 17.5 Å². The zero-order valence-corrected chi connectivity index (χ0v) is 35.0. The van der Waals surface area contributed by atoms with E-state index in [9.17, 15) is 0 Å². The molecule has 292 valence electrons. The van der Waals surface area contributed by atoms with E-state index in [1.54, 1.807) is 0 Å². The molecule has 0 saturated carbocycles. The van der Waals surface area contributed by atoms with Crippen molar-refractivity contribution in [3.8, 4) is 62.1 Å². The van der Waals surface area contributed by atoms with Gasteiger partial charge in [-0.05, 0) is 88.7 Å². The first-order valence-electron chi connectivity index (χ1n) is 21.2. The SMILES string of the molecule is CCCc1ccc2c(c1)sc1c(-c3ccc4c(c3)c3ccccc3n4-c3ccc(-c4ccccc4-c4nc(-c5ccccc5)nc(-c5cccc(CC)c5)n4)cc3)cccc12. The van der Waals surface area contributed by atoms with Crippen molar-refractivity contribution in [1.29, 1.82) is 0 Å². The highest BCUT2D eigenvalue weighted by Crippen LogP contribution is 2.43. The molecule has 0 fully saturated rings. The van der Waals surface area contributed by atoms with Crippen molar-refractivity contribution in [2.45, 2.75) is 33.1 Å². The lowest BCUT2D eigenvalue weighted by molar-refractivity contribution is 0.924. The predicted molar refractivity (Wildman–Crippen MR) is 258 cm³/mol. The summed E-state index contributed by atoms with van der Waals surface area (Å²) in [4.78, 5) is 15.2. The van der Waals surface area contributed by atoms with Crippen molar-refractivity contribution in [2.24, 2.45) is 0 Å². The Hall–Kier alpha value is -7.21. The number of thiophene rings is 1. The lowest BCUT2D eigenvalue weighted by Gasteiger charge is -2.13. The summed E-state index contributed by atoms with van der Waals surface area (Å²) in [6.07, 6.45) is 3.21. The van der Waals surface area contributed by atoms with Crippen LogP contribution in [0.1, 0.15) is 31.4 Å². The topological polar surface area (TPSA) is 43.6 Å². The molecule has 0 atom stereocenters. The van der Waals surface area contributed by atoms with Gasteiger partial charge in [0.1, 0.15) is 0 Å². The fourth-order valence-electron chi connectivity index (χ4n) is 8.92. The number of hydrogen-bond donors (Lipinski definition) is 0. The summed E-state index contributed by atoms with van der Waals surface area (Å²) >= 11 is 1.92. The third kappa shape index (κ3) is 6.59. The van der Waals surface area contributed by atoms with Crippen LogP contribution in [0.4, 0.5) is 0 Å². The van der Waals surface area contributed by atoms with E-state index in [2.05, 4.69) is 182 Å². The summed E-state index contributed by atoms with van der Waals surface area (Å²) in [7, 11) is 0. The Morgan fingerprint density at radius 1 is 0.426 bits per heavy atom. The van der Waals surface area contributed by atoms with Crippen LogP contribution < -0.4 is 0 Å². The first-order chi connectivity index (χ1) is 30.1. The highest BCUT2D eigenvalue weighted by molar-refractivity contribution is 7.26. The van der Waals surface area contributed by atoms with Gasteiger partial charge in [-0.1, -0.05) is 160 Å². The molecule has 11 aromatic rings. The molecule has 0 N–H and O–H groups in total. The van der Waals surface area contributed by atoms with Gasteiger partial charge in [0, 0.05) is 53.3 Å². The minimum absolute atomic E-state index is 0.649. The average Bonchev–Trinajstić information content (AvgIpc) is 3.87. The number of benzene rings is 8. The number of fused-ring (bicyclic) bond motifs is 6. The fraction of sp³-hybridized carbons (Fsp3) is 0.0893. The Balaban J connectivity index is 0.995. The van der Waals surface area contributed by atoms with E-state index in [0.717, 1.165) is 52.8 Å². The third-order valence-electron chi connectivity index (χ3n) is 12.0. The molecule has 11 rings (SSSR count). The number of hydrogen-bond acceptors (Lipinski definition) is 4. The smallest absolute Gasteiger partial charge is 0.164 e. The number of para-hydroxylation sites is 1.